The maximum Gasteiger partial charge on any atom is 0.155 e. The second-order valence-electron chi connectivity index (χ2n) is 4.13. The second-order valence-corrected chi connectivity index (χ2v) is 4.13. The van der Waals surface area contributed by atoms with E-state index >= 15 is 0 Å². The first-order valence-electron chi connectivity index (χ1n) is 4.05. The molecule has 0 aliphatic carbocycles. The van der Waals surface area contributed by atoms with Gasteiger partial charge in [-0.05, 0) is 6.92 Å². The maximum absolute atomic E-state index is 5.50. The van der Waals surface area contributed by atoms with Gasteiger partial charge in [0.15, 0.2) is 6.29 Å². The monoisotopic (exact) mass is 287 g/mol. The van der Waals surface area contributed by atoms with Crippen LogP contribution in [-0.2, 0) is 9.47 Å². The molecule has 1 heterocycles. The summed E-state index contributed by atoms with van der Waals surface area (Å²) in [5.74, 6) is 0. The third-order valence-corrected chi connectivity index (χ3v) is 1.65. The number of rotatable bonds is 2. The van der Waals surface area contributed by atoms with E-state index in [-0.39, 0.29) is 36.4 Å². The lowest BCUT2D eigenvalue weighted by molar-refractivity contribution is -0.873. The van der Waals surface area contributed by atoms with Crippen LogP contribution in [0.25, 0.3) is 0 Å². The number of likely N-dealkylation sites (N-methyl/N-ethyl adjacent to an activating group) is 1. The fourth-order valence-electron chi connectivity index (χ4n) is 1.30. The van der Waals surface area contributed by atoms with Crippen LogP contribution < -0.4 is 24.0 Å². The van der Waals surface area contributed by atoms with E-state index in [1.165, 1.54) is 0 Å². The Balaban J connectivity index is 0.00000121. The topological polar surface area (TPSA) is 18.5 Å². The molecule has 0 aromatic rings. The highest BCUT2D eigenvalue weighted by molar-refractivity contribution is 4.61. The molecule has 1 rings (SSSR count). The highest BCUT2D eigenvalue weighted by Gasteiger charge is 2.27. The minimum atomic E-state index is -0.00782. The zero-order chi connectivity index (χ0) is 8.48. The van der Waals surface area contributed by atoms with Crippen LogP contribution in [-0.4, -0.2) is 51.2 Å². The molecule has 1 saturated heterocycles. The summed E-state index contributed by atoms with van der Waals surface area (Å²) in [5.41, 5.74) is 0. The Morgan fingerprint density at radius 2 is 1.92 bits per heavy atom. The Morgan fingerprint density at radius 3 is 2.25 bits per heavy atom. The van der Waals surface area contributed by atoms with Gasteiger partial charge in [-0.15, -0.1) is 0 Å². The Bertz CT molecular complexity index is 136. The van der Waals surface area contributed by atoms with Crippen molar-refractivity contribution in [1.29, 1.82) is 0 Å². The van der Waals surface area contributed by atoms with Crippen LogP contribution in [0.15, 0.2) is 0 Å². The van der Waals surface area contributed by atoms with Gasteiger partial charge < -0.3 is 37.9 Å². The summed E-state index contributed by atoms with van der Waals surface area (Å²) in [5, 5.41) is 0. The predicted octanol–water partition coefficient (Wildman–Crippen LogP) is -2.54. The van der Waals surface area contributed by atoms with Crippen molar-refractivity contribution in [3.05, 3.63) is 0 Å². The van der Waals surface area contributed by atoms with E-state index in [4.69, 9.17) is 9.47 Å². The number of quaternary nitrogens is 1. The quantitative estimate of drug-likeness (QED) is 0.411. The van der Waals surface area contributed by atoms with Gasteiger partial charge in [-0.2, -0.15) is 0 Å². The molecule has 0 N–H and O–H groups in total. The molecule has 0 bridgehead atoms. The summed E-state index contributed by atoms with van der Waals surface area (Å²) >= 11 is 0. The van der Waals surface area contributed by atoms with Crippen LogP contribution in [0.1, 0.15) is 6.92 Å². The van der Waals surface area contributed by atoms with Crippen LogP contribution in [0.5, 0.6) is 0 Å². The van der Waals surface area contributed by atoms with Crippen molar-refractivity contribution < 1.29 is 37.9 Å². The molecule has 0 spiro atoms. The van der Waals surface area contributed by atoms with E-state index in [2.05, 4.69) is 21.1 Å². The van der Waals surface area contributed by atoms with Gasteiger partial charge in [0.1, 0.15) is 12.6 Å². The summed E-state index contributed by atoms with van der Waals surface area (Å²) in [4.78, 5) is 0. The van der Waals surface area contributed by atoms with Gasteiger partial charge in [0.05, 0.1) is 27.7 Å². The van der Waals surface area contributed by atoms with Gasteiger partial charge in [-0.25, -0.2) is 0 Å². The van der Waals surface area contributed by atoms with Crippen molar-refractivity contribution in [1.82, 2.24) is 0 Å². The van der Waals surface area contributed by atoms with Gasteiger partial charge in [0, 0.05) is 0 Å². The zero-order valence-corrected chi connectivity index (χ0v) is 10.4. The lowest BCUT2D eigenvalue weighted by Crippen LogP contribution is -3.00. The van der Waals surface area contributed by atoms with Crippen molar-refractivity contribution in [3.63, 3.8) is 0 Å². The van der Waals surface area contributed by atoms with Gasteiger partial charge >= 0.3 is 0 Å². The van der Waals surface area contributed by atoms with Crippen molar-refractivity contribution in [2.75, 3.05) is 34.3 Å². The van der Waals surface area contributed by atoms with E-state index in [1.54, 1.807) is 0 Å². The largest absolute Gasteiger partial charge is 1.00 e. The van der Waals surface area contributed by atoms with Gasteiger partial charge in [0.25, 0.3) is 0 Å². The SMILES string of the molecule is C[C@@H]1OC[C@H](C[N+](C)(C)C)O1.[I-]. The number of halogens is 1. The Kier molecular flexibility index (Phi) is 4.98. The number of ether oxygens (including phenoxy) is 2. The van der Waals surface area contributed by atoms with Crippen LogP contribution in [0.4, 0.5) is 0 Å². The molecule has 12 heavy (non-hydrogen) atoms. The van der Waals surface area contributed by atoms with Crippen molar-refractivity contribution in [2.45, 2.75) is 19.3 Å². The summed E-state index contributed by atoms with van der Waals surface area (Å²) < 4.78 is 11.7. The molecule has 74 valence electrons. The lowest BCUT2D eigenvalue weighted by Gasteiger charge is -2.26. The summed E-state index contributed by atoms with van der Waals surface area (Å²) in [6.45, 7) is 3.71. The summed E-state index contributed by atoms with van der Waals surface area (Å²) in [6, 6.07) is 0. The van der Waals surface area contributed by atoms with E-state index in [0.29, 0.717) is 0 Å². The van der Waals surface area contributed by atoms with Gasteiger partial charge in [-0.1, -0.05) is 0 Å². The van der Waals surface area contributed by atoms with E-state index in [0.717, 1.165) is 17.6 Å². The fraction of sp³-hybridized carbons (Fsp3) is 1.00. The normalized spacial score (nSPS) is 30.0. The third-order valence-electron chi connectivity index (χ3n) is 1.65. The predicted molar refractivity (Wildman–Crippen MR) is 43.2 cm³/mol. The first-order valence-corrected chi connectivity index (χ1v) is 4.05. The number of nitrogens with zero attached hydrogens (tertiary/aromatic N) is 1. The number of hydrogen-bond donors (Lipinski definition) is 0. The maximum atomic E-state index is 5.50. The first kappa shape index (κ1) is 12.6. The van der Waals surface area contributed by atoms with Crippen LogP contribution in [0.2, 0.25) is 0 Å². The lowest BCUT2D eigenvalue weighted by atomic mass is 10.3. The summed E-state index contributed by atoms with van der Waals surface area (Å²) in [7, 11) is 6.48. The minimum Gasteiger partial charge on any atom is -1.00 e. The van der Waals surface area contributed by atoms with Crippen LogP contribution in [0, 0.1) is 0 Å². The molecule has 0 unspecified atom stereocenters. The molecule has 1 aliphatic rings. The first-order chi connectivity index (χ1) is 4.97. The minimum absolute atomic E-state index is 0. The van der Waals surface area contributed by atoms with E-state index in [9.17, 15) is 0 Å². The highest BCUT2D eigenvalue weighted by Crippen LogP contribution is 2.12. The molecule has 0 radical (unpaired) electrons. The van der Waals surface area contributed by atoms with Crippen molar-refractivity contribution >= 4 is 0 Å². The Labute approximate surface area is 91.6 Å². The van der Waals surface area contributed by atoms with Crippen LogP contribution >= 0.6 is 0 Å². The average Bonchev–Trinajstić information content (AvgIpc) is 2.10. The number of hydrogen-bond acceptors (Lipinski definition) is 2. The van der Waals surface area contributed by atoms with Crippen molar-refractivity contribution in [2.24, 2.45) is 0 Å². The molecule has 2 atom stereocenters. The van der Waals surface area contributed by atoms with Crippen LogP contribution in [0.3, 0.4) is 0 Å². The molecule has 0 saturated carbocycles. The van der Waals surface area contributed by atoms with Gasteiger partial charge in [-0.3, -0.25) is 0 Å². The van der Waals surface area contributed by atoms with E-state index in [1.807, 2.05) is 6.92 Å². The fourth-order valence-corrected chi connectivity index (χ4v) is 1.30. The third kappa shape index (κ3) is 4.59. The average molecular weight is 287 g/mol. The molecular weight excluding hydrogens is 269 g/mol. The Hall–Kier alpha value is 0.610. The molecule has 0 aromatic heterocycles. The smallest absolute Gasteiger partial charge is 0.155 e. The molecular formula is C8H18INO2. The zero-order valence-electron chi connectivity index (χ0n) is 8.21. The highest BCUT2D eigenvalue weighted by atomic mass is 127. The molecule has 1 fully saturated rings. The van der Waals surface area contributed by atoms with E-state index < -0.39 is 0 Å². The second kappa shape index (κ2) is 4.74. The Morgan fingerprint density at radius 1 is 1.33 bits per heavy atom. The molecule has 4 heteroatoms. The standard InChI is InChI=1S/C8H18NO2.HI/c1-7-10-6-8(11-7)5-9(2,3)4;/h7-8H,5-6H2,1-4H3;1H/q+1;/p-1/t7-,8+;/m1./s1. The molecule has 3 nitrogen and oxygen atoms in total. The molecule has 1 aliphatic heterocycles. The van der Waals surface area contributed by atoms with Crippen molar-refractivity contribution in [3.8, 4) is 0 Å². The molecule has 0 aromatic carbocycles. The van der Waals surface area contributed by atoms with Gasteiger partial charge in [0.2, 0.25) is 0 Å². The summed E-state index contributed by atoms with van der Waals surface area (Å²) in [6.07, 6.45) is 0.275. The molecule has 0 amide bonds.